The SMILES string of the molecule is CNCC(C)c1ccc(-c2ccccc2)cc1. The Labute approximate surface area is 103 Å². The van der Waals surface area contributed by atoms with Crippen molar-refractivity contribution in [1.29, 1.82) is 0 Å². The van der Waals surface area contributed by atoms with Crippen molar-refractivity contribution in [3.05, 3.63) is 60.2 Å². The summed E-state index contributed by atoms with van der Waals surface area (Å²) in [4.78, 5) is 0. The summed E-state index contributed by atoms with van der Waals surface area (Å²) in [6.45, 7) is 3.26. The third-order valence-corrected chi connectivity index (χ3v) is 3.10. The van der Waals surface area contributed by atoms with Crippen LogP contribution in [0.5, 0.6) is 0 Å². The molecule has 1 heteroatoms. The van der Waals surface area contributed by atoms with Gasteiger partial charge in [0.05, 0.1) is 0 Å². The Morgan fingerprint density at radius 3 is 2.06 bits per heavy atom. The molecule has 88 valence electrons. The van der Waals surface area contributed by atoms with Crippen LogP contribution in [0, 0.1) is 0 Å². The molecule has 0 aliphatic heterocycles. The molecule has 0 spiro atoms. The number of benzene rings is 2. The van der Waals surface area contributed by atoms with E-state index in [-0.39, 0.29) is 0 Å². The van der Waals surface area contributed by atoms with E-state index in [2.05, 4.69) is 60.8 Å². The first kappa shape index (κ1) is 11.9. The van der Waals surface area contributed by atoms with Crippen LogP contribution in [0.1, 0.15) is 18.4 Å². The summed E-state index contributed by atoms with van der Waals surface area (Å²) in [6, 6.07) is 19.4. The van der Waals surface area contributed by atoms with Crippen molar-refractivity contribution in [2.24, 2.45) is 0 Å². The van der Waals surface area contributed by atoms with Gasteiger partial charge in [-0.25, -0.2) is 0 Å². The predicted molar refractivity (Wildman–Crippen MR) is 74.2 cm³/mol. The van der Waals surface area contributed by atoms with Gasteiger partial charge in [-0.05, 0) is 29.7 Å². The molecule has 0 fully saturated rings. The highest BCUT2D eigenvalue weighted by Gasteiger charge is 2.04. The van der Waals surface area contributed by atoms with Gasteiger partial charge in [0, 0.05) is 6.54 Å². The van der Waals surface area contributed by atoms with Gasteiger partial charge in [0.15, 0.2) is 0 Å². The van der Waals surface area contributed by atoms with Gasteiger partial charge in [-0.2, -0.15) is 0 Å². The quantitative estimate of drug-likeness (QED) is 0.837. The molecule has 1 atom stereocenters. The van der Waals surface area contributed by atoms with Gasteiger partial charge in [-0.15, -0.1) is 0 Å². The third-order valence-electron chi connectivity index (χ3n) is 3.10. The van der Waals surface area contributed by atoms with Gasteiger partial charge in [-0.1, -0.05) is 61.5 Å². The van der Waals surface area contributed by atoms with Crippen molar-refractivity contribution < 1.29 is 0 Å². The van der Waals surface area contributed by atoms with Crippen LogP contribution in [0.25, 0.3) is 11.1 Å². The molecule has 0 radical (unpaired) electrons. The maximum absolute atomic E-state index is 3.21. The van der Waals surface area contributed by atoms with Crippen LogP contribution >= 0.6 is 0 Å². The minimum atomic E-state index is 0.560. The lowest BCUT2D eigenvalue weighted by molar-refractivity contribution is 0.678. The van der Waals surface area contributed by atoms with Crippen molar-refractivity contribution in [3.63, 3.8) is 0 Å². The maximum atomic E-state index is 3.21. The zero-order valence-corrected chi connectivity index (χ0v) is 10.5. The van der Waals surface area contributed by atoms with Crippen molar-refractivity contribution in [3.8, 4) is 11.1 Å². The fraction of sp³-hybridized carbons (Fsp3) is 0.250. The Morgan fingerprint density at radius 2 is 1.47 bits per heavy atom. The standard InChI is InChI=1S/C16H19N/c1-13(12-17-2)14-8-10-16(11-9-14)15-6-4-3-5-7-15/h3-11,13,17H,12H2,1-2H3. The number of hydrogen-bond donors (Lipinski definition) is 1. The van der Waals surface area contributed by atoms with Crippen LogP contribution in [-0.2, 0) is 0 Å². The largest absolute Gasteiger partial charge is 0.319 e. The molecule has 1 N–H and O–H groups in total. The first-order valence-corrected chi connectivity index (χ1v) is 6.11. The second kappa shape index (κ2) is 5.65. The molecular formula is C16H19N. The summed E-state index contributed by atoms with van der Waals surface area (Å²) in [5, 5.41) is 3.21. The molecule has 0 bridgehead atoms. The molecule has 0 aromatic heterocycles. The summed E-state index contributed by atoms with van der Waals surface area (Å²) in [5.41, 5.74) is 3.95. The van der Waals surface area contributed by atoms with E-state index in [1.54, 1.807) is 0 Å². The summed E-state index contributed by atoms with van der Waals surface area (Å²) in [7, 11) is 1.99. The lowest BCUT2D eigenvalue weighted by Gasteiger charge is -2.11. The molecule has 2 aromatic carbocycles. The van der Waals surface area contributed by atoms with E-state index in [4.69, 9.17) is 0 Å². The van der Waals surface area contributed by atoms with E-state index in [1.807, 2.05) is 13.1 Å². The average Bonchev–Trinajstić information content (AvgIpc) is 2.40. The predicted octanol–water partition coefficient (Wildman–Crippen LogP) is 3.68. The molecule has 0 heterocycles. The molecule has 0 saturated heterocycles. The number of nitrogens with one attached hydrogen (secondary N) is 1. The second-order valence-corrected chi connectivity index (χ2v) is 4.45. The van der Waals surface area contributed by atoms with E-state index in [9.17, 15) is 0 Å². The summed E-state index contributed by atoms with van der Waals surface area (Å²) in [6.07, 6.45) is 0. The van der Waals surface area contributed by atoms with Gasteiger partial charge in [0.25, 0.3) is 0 Å². The smallest absolute Gasteiger partial charge is 0.00144 e. The molecule has 2 aromatic rings. The van der Waals surface area contributed by atoms with Gasteiger partial charge in [-0.3, -0.25) is 0 Å². The molecule has 0 amide bonds. The Morgan fingerprint density at radius 1 is 0.882 bits per heavy atom. The Hall–Kier alpha value is -1.60. The molecule has 0 aliphatic carbocycles. The highest BCUT2D eigenvalue weighted by Crippen LogP contribution is 2.22. The van der Waals surface area contributed by atoms with E-state index < -0.39 is 0 Å². The lowest BCUT2D eigenvalue weighted by atomic mass is 9.97. The number of hydrogen-bond acceptors (Lipinski definition) is 1. The highest BCUT2D eigenvalue weighted by atomic mass is 14.8. The zero-order chi connectivity index (χ0) is 12.1. The van der Waals surface area contributed by atoms with Gasteiger partial charge < -0.3 is 5.32 Å². The fourth-order valence-electron chi connectivity index (χ4n) is 2.06. The Balaban J connectivity index is 2.19. The van der Waals surface area contributed by atoms with E-state index in [0.29, 0.717) is 5.92 Å². The van der Waals surface area contributed by atoms with Crippen LogP contribution in [0.3, 0.4) is 0 Å². The first-order valence-electron chi connectivity index (χ1n) is 6.11. The van der Waals surface area contributed by atoms with Crippen molar-refractivity contribution >= 4 is 0 Å². The van der Waals surface area contributed by atoms with Crippen LogP contribution in [-0.4, -0.2) is 13.6 Å². The minimum absolute atomic E-state index is 0.560. The monoisotopic (exact) mass is 225 g/mol. The molecule has 0 aliphatic rings. The second-order valence-electron chi connectivity index (χ2n) is 4.45. The van der Waals surface area contributed by atoms with Gasteiger partial charge in [0.2, 0.25) is 0 Å². The summed E-state index contributed by atoms with van der Waals surface area (Å²) < 4.78 is 0. The molecule has 1 unspecified atom stereocenters. The fourth-order valence-corrected chi connectivity index (χ4v) is 2.06. The normalized spacial score (nSPS) is 12.4. The van der Waals surface area contributed by atoms with Crippen LogP contribution in [0.15, 0.2) is 54.6 Å². The molecular weight excluding hydrogens is 206 g/mol. The van der Waals surface area contributed by atoms with E-state index in [0.717, 1.165) is 6.54 Å². The first-order chi connectivity index (χ1) is 8.31. The summed E-state index contributed by atoms with van der Waals surface area (Å²) >= 11 is 0. The third kappa shape index (κ3) is 2.95. The van der Waals surface area contributed by atoms with Crippen LogP contribution < -0.4 is 5.32 Å². The topological polar surface area (TPSA) is 12.0 Å². The average molecular weight is 225 g/mol. The minimum Gasteiger partial charge on any atom is -0.319 e. The molecule has 0 saturated carbocycles. The molecule has 1 nitrogen and oxygen atoms in total. The highest BCUT2D eigenvalue weighted by molar-refractivity contribution is 5.63. The molecule has 2 rings (SSSR count). The van der Waals surface area contributed by atoms with Crippen LogP contribution in [0.4, 0.5) is 0 Å². The van der Waals surface area contributed by atoms with E-state index >= 15 is 0 Å². The van der Waals surface area contributed by atoms with Crippen molar-refractivity contribution in [1.82, 2.24) is 5.32 Å². The van der Waals surface area contributed by atoms with Crippen LogP contribution in [0.2, 0.25) is 0 Å². The maximum Gasteiger partial charge on any atom is 0.00144 e. The van der Waals surface area contributed by atoms with Crippen molar-refractivity contribution in [2.45, 2.75) is 12.8 Å². The number of likely N-dealkylation sites (N-methyl/N-ethyl adjacent to an activating group) is 1. The van der Waals surface area contributed by atoms with E-state index in [1.165, 1.54) is 16.7 Å². The van der Waals surface area contributed by atoms with Gasteiger partial charge in [0.1, 0.15) is 0 Å². The zero-order valence-electron chi connectivity index (χ0n) is 10.5. The Kier molecular flexibility index (Phi) is 3.94. The number of rotatable bonds is 4. The van der Waals surface area contributed by atoms with Crippen molar-refractivity contribution in [2.75, 3.05) is 13.6 Å². The Bertz CT molecular complexity index is 445. The molecule has 17 heavy (non-hydrogen) atoms. The van der Waals surface area contributed by atoms with Gasteiger partial charge >= 0.3 is 0 Å². The lowest BCUT2D eigenvalue weighted by Crippen LogP contribution is -2.14. The summed E-state index contributed by atoms with van der Waals surface area (Å²) in [5.74, 6) is 0.560.